The fraction of sp³-hybridized carbons (Fsp3) is 0.333. The first-order valence-electron chi connectivity index (χ1n) is 8.37. The summed E-state index contributed by atoms with van der Waals surface area (Å²) in [5.74, 6) is 0.649. The van der Waals surface area contributed by atoms with Crippen LogP contribution in [0.25, 0.3) is 0 Å². The predicted octanol–water partition coefficient (Wildman–Crippen LogP) is 3.83. The molecule has 27 heavy (non-hydrogen) atoms. The van der Waals surface area contributed by atoms with Crippen LogP contribution in [-0.2, 0) is 16.2 Å². The van der Waals surface area contributed by atoms with E-state index in [4.69, 9.17) is 4.74 Å². The van der Waals surface area contributed by atoms with E-state index in [9.17, 15) is 21.6 Å². The second kappa shape index (κ2) is 7.49. The lowest BCUT2D eigenvalue weighted by molar-refractivity contribution is -0.137. The third-order valence-electron chi connectivity index (χ3n) is 4.41. The van der Waals surface area contributed by atoms with E-state index < -0.39 is 21.8 Å². The van der Waals surface area contributed by atoms with Crippen molar-refractivity contribution >= 4 is 10.0 Å². The quantitative estimate of drug-likeness (QED) is 0.801. The number of alkyl halides is 3. The Morgan fingerprint density at radius 1 is 1.15 bits per heavy atom. The van der Waals surface area contributed by atoms with Gasteiger partial charge in [-0.15, -0.1) is 0 Å². The van der Waals surface area contributed by atoms with Gasteiger partial charge in [0.25, 0.3) is 0 Å². The van der Waals surface area contributed by atoms with E-state index in [-0.39, 0.29) is 16.7 Å². The molecule has 9 heteroatoms. The first-order valence-corrected chi connectivity index (χ1v) is 9.85. The molecule has 146 valence electrons. The van der Waals surface area contributed by atoms with Crippen molar-refractivity contribution in [1.82, 2.24) is 10.0 Å². The Morgan fingerprint density at radius 3 is 2.41 bits per heavy atom. The topological polar surface area (TPSA) is 67.4 Å². The van der Waals surface area contributed by atoms with Crippen LogP contribution in [-0.4, -0.2) is 22.0 Å². The lowest BCUT2D eigenvalue weighted by Crippen LogP contribution is -2.20. The molecule has 2 aromatic carbocycles. The van der Waals surface area contributed by atoms with Crippen LogP contribution < -0.4 is 14.8 Å². The molecule has 1 unspecified atom stereocenters. The number of halogens is 3. The average molecular weight is 400 g/mol. The van der Waals surface area contributed by atoms with Gasteiger partial charge in [0.2, 0.25) is 10.0 Å². The maximum atomic E-state index is 12.7. The summed E-state index contributed by atoms with van der Waals surface area (Å²) in [6.07, 6.45) is -2.67. The molecule has 1 saturated heterocycles. The second-order valence-corrected chi connectivity index (χ2v) is 8.07. The molecule has 0 amide bonds. The Kier molecular flexibility index (Phi) is 5.45. The second-order valence-electron chi connectivity index (χ2n) is 6.18. The summed E-state index contributed by atoms with van der Waals surface area (Å²) in [6, 6.07) is 8.77. The van der Waals surface area contributed by atoms with Gasteiger partial charge >= 0.3 is 6.18 Å². The minimum absolute atomic E-state index is 0.0820. The van der Waals surface area contributed by atoms with Gasteiger partial charge < -0.3 is 10.1 Å². The van der Waals surface area contributed by atoms with Gasteiger partial charge in [-0.3, -0.25) is 0 Å². The van der Waals surface area contributed by atoms with Crippen molar-refractivity contribution in [1.29, 1.82) is 0 Å². The van der Waals surface area contributed by atoms with E-state index in [2.05, 4.69) is 10.0 Å². The molecule has 2 aromatic rings. The highest BCUT2D eigenvalue weighted by Gasteiger charge is 2.30. The van der Waals surface area contributed by atoms with Gasteiger partial charge in [0.1, 0.15) is 11.5 Å². The zero-order chi connectivity index (χ0) is 19.7. The molecule has 2 N–H and O–H groups in total. The molecule has 0 aliphatic carbocycles. The highest BCUT2D eigenvalue weighted by molar-refractivity contribution is 7.89. The summed E-state index contributed by atoms with van der Waals surface area (Å²) in [4.78, 5) is 0.105. The van der Waals surface area contributed by atoms with Crippen molar-refractivity contribution in [3.8, 4) is 11.5 Å². The van der Waals surface area contributed by atoms with Crippen molar-refractivity contribution in [2.24, 2.45) is 0 Å². The molecule has 5 nitrogen and oxygen atoms in total. The smallest absolute Gasteiger partial charge is 0.416 e. The number of sulfonamides is 1. The van der Waals surface area contributed by atoms with Crippen LogP contribution in [0.4, 0.5) is 13.2 Å². The molecular formula is C18H19F3N2O3S. The maximum Gasteiger partial charge on any atom is 0.416 e. The van der Waals surface area contributed by atoms with Gasteiger partial charge in [0, 0.05) is 11.6 Å². The van der Waals surface area contributed by atoms with Crippen molar-refractivity contribution in [2.45, 2.75) is 30.0 Å². The van der Waals surface area contributed by atoms with Crippen molar-refractivity contribution < 1.29 is 26.3 Å². The van der Waals surface area contributed by atoms with E-state index in [0.29, 0.717) is 11.3 Å². The molecule has 0 spiro atoms. The van der Waals surface area contributed by atoms with Gasteiger partial charge in [-0.05, 0) is 68.9 Å². The normalized spacial score (nSPS) is 17.9. The summed E-state index contributed by atoms with van der Waals surface area (Å²) in [5.41, 5.74) is -0.105. The number of benzene rings is 2. The van der Waals surface area contributed by atoms with Gasteiger partial charge in [-0.1, -0.05) is 0 Å². The monoisotopic (exact) mass is 400 g/mol. The molecule has 1 fully saturated rings. The summed E-state index contributed by atoms with van der Waals surface area (Å²) < 4.78 is 70.3. The highest BCUT2D eigenvalue weighted by atomic mass is 32.2. The number of nitrogens with one attached hydrogen (secondary N) is 2. The van der Waals surface area contributed by atoms with Crippen LogP contribution in [0.5, 0.6) is 11.5 Å². The Balaban J connectivity index is 1.94. The standard InChI is InChI=1S/C18H19F3N2O3S/c1-22-27(24,25)14-8-9-17(15(11-14)16-3-2-10-23-16)26-13-6-4-12(5-7-13)18(19,20)21/h4-9,11,16,22-23H,2-3,10H2,1H3. The van der Waals surface area contributed by atoms with Crippen molar-refractivity contribution in [3.63, 3.8) is 0 Å². The Hall–Kier alpha value is -2.10. The van der Waals surface area contributed by atoms with E-state index in [1.54, 1.807) is 0 Å². The molecule has 3 rings (SSSR count). The molecule has 1 heterocycles. The lowest BCUT2D eigenvalue weighted by atomic mass is 10.0. The fourth-order valence-electron chi connectivity index (χ4n) is 2.97. The minimum atomic E-state index is -4.42. The molecule has 1 atom stereocenters. The van der Waals surface area contributed by atoms with E-state index in [1.807, 2.05) is 0 Å². The predicted molar refractivity (Wildman–Crippen MR) is 94.2 cm³/mol. The van der Waals surface area contributed by atoms with Crippen LogP contribution in [0.2, 0.25) is 0 Å². The summed E-state index contributed by atoms with van der Waals surface area (Å²) in [7, 11) is -2.29. The van der Waals surface area contributed by atoms with Crippen LogP contribution in [0, 0.1) is 0 Å². The van der Waals surface area contributed by atoms with Gasteiger partial charge in [0.05, 0.1) is 10.5 Å². The number of ether oxygens (including phenoxy) is 1. The maximum absolute atomic E-state index is 12.7. The van der Waals surface area contributed by atoms with Gasteiger partial charge in [0.15, 0.2) is 0 Å². The Morgan fingerprint density at radius 2 is 1.85 bits per heavy atom. The Bertz CT molecular complexity index is 906. The van der Waals surface area contributed by atoms with Crippen LogP contribution in [0.3, 0.4) is 0 Å². The van der Waals surface area contributed by atoms with E-state index in [1.165, 1.54) is 37.4 Å². The first kappa shape index (κ1) is 19.7. The molecular weight excluding hydrogens is 381 g/mol. The van der Waals surface area contributed by atoms with E-state index in [0.717, 1.165) is 31.5 Å². The molecule has 0 radical (unpaired) electrons. The summed E-state index contributed by atoms with van der Waals surface area (Å²) >= 11 is 0. The summed E-state index contributed by atoms with van der Waals surface area (Å²) in [6.45, 7) is 0.799. The van der Waals surface area contributed by atoms with Crippen LogP contribution in [0.1, 0.15) is 30.0 Å². The minimum Gasteiger partial charge on any atom is -0.457 e. The zero-order valence-corrected chi connectivity index (χ0v) is 15.3. The third-order valence-corrected chi connectivity index (χ3v) is 5.82. The molecule has 0 bridgehead atoms. The SMILES string of the molecule is CNS(=O)(=O)c1ccc(Oc2ccc(C(F)(F)F)cc2)c(C2CCCN2)c1. The zero-order valence-electron chi connectivity index (χ0n) is 14.5. The van der Waals surface area contributed by atoms with Crippen LogP contribution in [0.15, 0.2) is 47.4 Å². The van der Waals surface area contributed by atoms with Crippen LogP contribution >= 0.6 is 0 Å². The molecule has 1 aliphatic heterocycles. The number of rotatable bonds is 5. The average Bonchev–Trinajstić information content (AvgIpc) is 3.16. The molecule has 0 saturated carbocycles. The lowest BCUT2D eigenvalue weighted by Gasteiger charge is -2.18. The Labute approximate surface area is 155 Å². The van der Waals surface area contributed by atoms with Gasteiger partial charge in [-0.25, -0.2) is 13.1 Å². The van der Waals surface area contributed by atoms with E-state index >= 15 is 0 Å². The molecule has 0 aromatic heterocycles. The largest absolute Gasteiger partial charge is 0.457 e. The first-order chi connectivity index (χ1) is 12.7. The number of hydrogen-bond donors (Lipinski definition) is 2. The van der Waals surface area contributed by atoms with Crippen molar-refractivity contribution in [3.05, 3.63) is 53.6 Å². The van der Waals surface area contributed by atoms with Gasteiger partial charge in [-0.2, -0.15) is 13.2 Å². The summed E-state index contributed by atoms with van der Waals surface area (Å²) in [5, 5.41) is 3.28. The third kappa shape index (κ3) is 4.42. The highest BCUT2D eigenvalue weighted by Crippen LogP contribution is 2.36. The fourth-order valence-corrected chi connectivity index (χ4v) is 3.73. The van der Waals surface area contributed by atoms with Crippen molar-refractivity contribution in [2.75, 3.05) is 13.6 Å². The number of hydrogen-bond acceptors (Lipinski definition) is 4. The molecule has 1 aliphatic rings.